The number of fused-ring (bicyclic) bond motifs is 1. The van der Waals surface area contributed by atoms with Crippen LogP contribution in [0.2, 0.25) is 0 Å². The first-order valence-corrected chi connectivity index (χ1v) is 7.93. The van der Waals surface area contributed by atoms with Crippen LogP contribution in [0.1, 0.15) is 18.2 Å². The molecule has 0 aliphatic heterocycles. The van der Waals surface area contributed by atoms with Gasteiger partial charge < -0.3 is 10.1 Å². The van der Waals surface area contributed by atoms with E-state index in [0.29, 0.717) is 23.7 Å². The highest BCUT2D eigenvalue weighted by Gasteiger charge is 2.31. The quantitative estimate of drug-likeness (QED) is 0.751. The first kappa shape index (κ1) is 17.8. The van der Waals surface area contributed by atoms with Gasteiger partial charge in [0.05, 0.1) is 30.1 Å². The number of nitrogens with zero attached hydrogens (tertiary/aromatic N) is 2. The first-order valence-electron chi connectivity index (χ1n) is 7.93. The second-order valence-electron chi connectivity index (χ2n) is 5.51. The molecule has 1 N–H and O–H groups in total. The third kappa shape index (κ3) is 3.79. The molecule has 5 nitrogen and oxygen atoms in total. The Hall–Kier alpha value is -3.03. The van der Waals surface area contributed by atoms with Crippen LogP contribution in [0, 0.1) is 0 Å². The number of alkyl halides is 3. The van der Waals surface area contributed by atoms with E-state index in [2.05, 4.69) is 10.3 Å². The van der Waals surface area contributed by atoms with Crippen molar-refractivity contribution in [3.8, 4) is 5.75 Å². The second-order valence-corrected chi connectivity index (χ2v) is 5.51. The molecule has 3 rings (SSSR count). The van der Waals surface area contributed by atoms with Crippen molar-refractivity contribution in [2.75, 3.05) is 11.9 Å². The molecule has 0 amide bonds. The summed E-state index contributed by atoms with van der Waals surface area (Å²) in [6, 6.07) is 9.71. The number of hydrogen-bond donors (Lipinski definition) is 1. The highest BCUT2D eigenvalue weighted by Crippen LogP contribution is 2.35. The van der Waals surface area contributed by atoms with Gasteiger partial charge in [-0.25, -0.2) is 4.98 Å². The zero-order valence-electron chi connectivity index (χ0n) is 13.9. The maximum absolute atomic E-state index is 13.0. The van der Waals surface area contributed by atoms with Crippen LogP contribution in [0.15, 0.2) is 53.5 Å². The summed E-state index contributed by atoms with van der Waals surface area (Å²) in [5, 5.41) is 2.88. The molecule has 0 bridgehead atoms. The molecule has 2 aromatic heterocycles. The first-order chi connectivity index (χ1) is 12.4. The number of halogens is 3. The number of rotatable bonds is 5. The van der Waals surface area contributed by atoms with Crippen molar-refractivity contribution in [2.45, 2.75) is 19.6 Å². The highest BCUT2D eigenvalue weighted by molar-refractivity contribution is 5.58. The molecular formula is C18H16F3N3O2. The standard InChI is InChI=1S/C18H16F3N3O2/c1-2-26-15-7-6-12(18(19,20)21)9-14(15)22-11-13-10-17(25)24-8-4-3-5-16(24)23-13/h3-10,22H,2,11H2,1H3. The average molecular weight is 363 g/mol. The van der Waals surface area contributed by atoms with Crippen molar-refractivity contribution in [3.63, 3.8) is 0 Å². The fourth-order valence-electron chi connectivity index (χ4n) is 2.51. The monoisotopic (exact) mass is 363 g/mol. The van der Waals surface area contributed by atoms with Gasteiger partial charge in [-0.1, -0.05) is 6.07 Å². The molecule has 2 heterocycles. The predicted molar refractivity (Wildman–Crippen MR) is 91.4 cm³/mol. The molecular weight excluding hydrogens is 347 g/mol. The van der Waals surface area contributed by atoms with Crippen molar-refractivity contribution in [1.82, 2.24) is 9.38 Å². The van der Waals surface area contributed by atoms with Gasteiger partial charge in [-0.2, -0.15) is 13.2 Å². The van der Waals surface area contributed by atoms with Gasteiger partial charge in [0.25, 0.3) is 5.56 Å². The van der Waals surface area contributed by atoms with Crippen molar-refractivity contribution in [1.29, 1.82) is 0 Å². The van der Waals surface area contributed by atoms with Crippen LogP contribution in [0.25, 0.3) is 5.65 Å². The minimum absolute atomic E-state index is 0.0853. The third-order valence-corrected chi connectivity index (χ3v) is 3.69. The summed E-state index contributed by atoms with van der Waals surface area (Å²) in [4.78, 5) is 16.4. The van der Waals surface area contributed by atoms with Gasteiger partial charge in [0.2, 0.25) is 0 Å². The van der Waals surface area contributed by atoms with Gasteiger partial charge in [-0.15, -0.1) is 0 Å². The van der Waals surface area contributed by atoms with E-state index in [4.69, 9.17) is 4.74 Å². The molecule has 0 unspecified atom stereocenters. The number of pyridine rings is 1. The van der Waals surface area contributed by atoms with Crippen molar-refractivity contribution < 1.29 is 17.9 Å². The lowest BCUT2D eigenvalue weighted by molar-refractivity contribution is -0.137. The maximum atomic E-state index is 13.0. The van der Waals surface area contributed by atoms with E-state index in [-0.39, 0.29) is 17.8 Å². The Morgan fingerprint density at radius 1 is 1.19 bits per heavy atom. The lowest BCUT2D eigenvalue weighted by Gasteiger charge is -2.15. The highest BCUT2D eigenvalue weighted by atomic mass is 19.4. The molecule has 3 aromatic rings. The third-order valence-electron chi connectivity index (χ3n) is 3.69. The molecule has 0 spiro atoms. The van der Waals surface area contributed by atoms with Gasteiger partial charge in [0.15, 0.2) is 0 Å². The Labute approximate surface area is 147 Å². The SMILES string of the molecule is CCOc1ccc(C(F)(F)F)cc1NCc1cc(=O)n2ccccc2n1. The molecule has 0 radical (unpaired) electrons. The van der Waals surface area contributed by atoms with Gasteiger partial charge in [-0.3, -0.25) is 9.20 Å². The normalized spacial score (nSPS) is 11.5. The summed E-state index contributed by atoms with van der Waals surface area (Å²) in [5.74, 6) is 0.304. The number of nitrogens with one attached hydrogen (secondary N) is 1. The van der Waals surface area contributed by atoms with Gasteiger partial charge in [0.1, 0.15) is 11.4 Å². The van der Waals surface area contributed by atoms with E-state index < -0.39 is 11.7 Å². The van der Waals surface area contributed by atoms with Crippen LogP contribution in [-0.4, -0.2) is 16.0 Å². The molecule has 0 saturated heterocycles. The Morgan fingerprint density at radius 2 is 2.00 bits per heavy atom. The summed E-state index contributed by atoms with van der Waals surface area (Å²) < 4.78 is 45.6. The Kier molecular flexibility index (Phi) is 4.83. The maximum Gasteiger partial charge on any atom is 0.416 e. The van der Waals surface area contributed by atoms with Gasteiger partial charge >= 0.3 is 6.18 Å². The van der Waals surface area contributed by atoms with E-state index in [1.165, 1.54) is 16.5 Å². The minimum Gasteiger partial charge on any atom is -0.492 e. The molecule has 0 aliphatic rings. The fraction of sp³-hybridized carbons (Fsp3) is 0.222. The topological polar surface area (TPSA) is 55.6 Å². The Bertz CT molecular complexity index is 983. The molecule has 8 heteroatoms. The second kappa shape index (κ2) is 7.07. The summed E-state index contributed by atoms with van der Waals surface area (Å²) in [7, 11) is 0. The van der Waals surface area contributed by atoms with Crippen molar-refractivity contribution in [3.05, 3.63) is 70.3 Å². The Morgan fingerprint density at radius 3 is 2.73 bits per heavy atom. The molecule has 0 saturated carbocycles. The van der Waals surface area contributed by atoms with E-state index in [9.17, 15) is 18.0 Å². The predicted octanol–water partition coefficient (Wildman–Crippen LogP) is 3.72. The summed E-state index contributed by atoms with van der Waals surface area (Å²) in [6.07, 6.45) is -2.86. The number of anilines is 1. The zero-order valence-corrected chi connectivity index (χ0v) is 13.9. The van der Waals surface area contributed by atoms with Gasteiger partial charge in [0, 0.05) is 12.3 Å². The van der Waals surface area contributed by atoms with E-state index in [1.54, 1.807) is 31.3 Å². The van der Waals surface area contributed by atoms with Crippen LogP contribution >= 0.6 is 0 Å². The summed E-state index contributed by atoms with van der Waals surface area (Å²) in [5.41, 5.74) is 0.0279. The largest absolute Gasteiger partial charge is 0.492 e. The minimum atomic E-state index is -4.46. The molecule has 0 fully saturated rings. The van der Waals surface area contributed by atoms with Crippen LogP contribution < -0.4 is 15.6 Å². The van der Waals surface area contributed by atoms with E-state index in [0.717, 1.165) is 12.1 Å². The molecule has 1 aromatic carbocycles. The molecule has 26 heavy (non-hydrogen) atoms. The summed E-state index contributed by atoms with van der Waals surface area (Å²) >= 11 is 0. The number of aromatic nitrogens is 2. The number of ether oxygens (including phenoxy) is 1. The number of hydrogen-bond acceptors (Lipinski definition) is 4. The fourth-order valence-corrected chi connectivity index (χ4v) is 2.51. The van der Waals surface area contributed by atoms with Crippen LogP contribution in [0.4, 0.5) is 18.9 Å². The zero-order chi connectivity index (χ0) is 18.7. The van der Waals surface area contributed by atoms with E-state index >= 15 is 0 Å². The molecule has 0 aliphatic carbocycles. The van der Waals surface area contributed by atoms with E-state index in [1.807, 2.05) is 0 Å². The molecule has 0 atom stereocenters. The van der Waals surface area contributed by atoms with Crippen LogP contribution in [0.5, 0.6) is 5.75 Å². The van der Waals surface area contributed by atoms with Crippen LogP contribution in [-0.2, 0) is 12.7 Å². The number of benzene rings is 1. The van der Waals surface area contributed by atoms with Crippen molar-refractivity contribution in [2.24, 2.45) is 0 Å². The summed E-state index contributed by atoms with van der Waals surface area (Å²) in [6.45, 7) is 2.14. The van der Waals surface area contributed by atoms with Crippen LogP contribution in [0.3, 0.4) is 0 Å². The van der Waals surface area contributed by atoms with Crippen molar-refractivity contribution >= 4 is 11.3 Å². The smallest absolute Gasteiger partial charge is 0.416 e. The van der Waals surface area contributed by atoms with Gasteiger partial charge in [-0.05, 0) is 37.3 Å². The average Bonchev–Trinajstić information content (AvgIpc) is 2.60. The lowest BCUT2D eigenvalue weighted by atomic mass is 10.1. The lowest BCUT2D eigenvalue weighted by Crippen LogP contribution is -2.16. The molecule has 136 valence electrons. The Balaban J connectivity index is 1.90.